The molecule has 4 aromatic rings. The van der Waals surface area contributed by atoms with Crippen molar-refractivity contribution in [3.05, 3.63) is 125 Å². The summed E-state index contributed by atoms with van der Waals surface area (Å²) in [6, 6.07) is 24.8. The molecule has 0 aliphatic carbocycles. The minimum atomic E-state index is -0.581. The summed E-state index contributed by atoms with van der Waals surface area (Å²) < 4.78 is 5.78. The predicted molar refractivity (Wildman–Crippen MR) is 145 cm³/mol. The number of nitrogen functional groups attached to an aromatic ring is 1. The molecule has 1 aromatic heterocycles. The summed E-state index contributed by atoms with van der Waals surface area (Å²) in [5, 5.41) is 6.21. The average Bonchev–Trinajstić information content (AvgIpc) is 2.92. The number of pyridine rings is 1. The highest BCUT2D eigenvalue weighted by atomic mass is 35.5. The Hall–Kier alpha value is -4.36. The monoisotopic (exact) mass is 514 g/mol. The fraction of sp³-hybridized carbons (Fsp3) is 0.138. The Balaban J connectivity index is 1.45. The molecule has 0 unspecified atom stereocenters. The number of nitrogens with one attached hydrogen (secondary N) is 2. The van der Waals surface area contributed by atoms with Crippen LogP contribution < -0.4 is 16.4 Å². The molecule has 0 aliphatic rings. The van der Waals surface area contributed by atoms with Crippen molar-refractivity contribution < 1.29 is 14.3 Å². The van der Waals surface area contributed by atoms with E-state index in [0.29, 0.717) is 28.4 Å². The van der Waals surface area contributed by atoms with E-state index in [-0.39, 0.29) is 5.91 Å². The first-order valence-corrected chi connectivity index (χ1v) is 12.2. The number of amides is 2. The van der Waals surface area contributed by atoms with Gasteiger partial charge in [-0.25, -0.2) is 4.79 Å². The van der Waals surface area contributed by atoms with Crippen molar-refractivity contribution in [3.63, 3.8) is 0 Å². The van der Waals surface area contributed by atoms with Crippen LogP contribution in [0.3, 0.4) is 0 Å². The molecule has 2 atom stereocenters. The molecule has 4 rings (SSSR count). The molecule has 4 N–H and O–H groups in total. The van der Waals surface area contributed by atoms with E-state index in [0.717, 1.165) is 16.7 Å². The Labute approximate surface area is 220 Å². The molecule has 8 heteroatoms. The maximum absolute atomic E-state index is 13.0. The van der Waals surface area contributed by atoms with Crippen LogP contribution in [-0.4, -0.2) is 17.0 Å². The Morgan fingerprint density at radius 3 is 2.30 bits per heavy atom. The van der Waals surface area contributed by atoms with E-state index in [9.17, 15) is 9.59 Å². The van der Waals surface area contributed by atoms with Crippen LogP contribution in [0.5, 0.6) is 0 Å². The van der Waals surface area contributed by atoms with Gasteiger partial charge in [-0.15, -0.1) is 0 Å². The van der Waals surface area contributed by atoms with Crippen molar-refractivity contribution in [1.29, 1.82) is 0 Å². The smallest absolute Gasteiger partial charge is 0.408 e. The largest absolute Gasteiger partial charge is 0.441 e. The topological polar surface area (TPSA) is 106 Å². The van der Waals surface area contributed by atoms with Crippen LogP contribution >= 0.6 is 11.6 Å². The number of aromatic nitrogens is 1. The molecule has 1 heterocycles. The van der Waals surface area contributed by atoms with Gasteiger partial charge >= 0.3 is 6.09 Å². The van der Waals surface area contributed by atoms with Gasteiger partial charge in [0.1, 0.15) is 6.10 Å². The van der Waals surface area contributed by atoms with Gasteiger partial charge in [-0.3, -0.25) is 9.78 Å². The lowest BCUT2D eigenvalue weighted by Crippen LogP contribution is -2.31. The Bertz CT molecular complexity index is 1360. The first-order chi connectivity index (χ1) is 17.9. The molecule has 0 saturated carbocycles. The number of nitrogens with zero attached hydrogens (tertiary/aromatic N) is 1. The van der Waals surface area contributed by atoms with Crippen LogP contribution in [0, 0.1) is 0 Å². The lowest BCUT2D eigenvalue weighted by Gasteiger charge is -2.22. The molecule has 3 aromatic carbocycles. The van der Waals surface area contributed by atoms with Crippen LogP contribution in [0.2, 0.25) is 5.02 Å². The van der Waals surface area contributed by atoms with Gasteiger partial charge in [-0.1, -0.05) is 73.1 Å². The summed E-state index contributed by atoms with van der Waals surface area (Å²) >= 11 is 6.15. The summed E-state index contributed by atoms with van der Waals surface area (Å²) in [5.41, 5.74) is 9.78. The van der Waals surface area contributed by atoms with E-state index < -0.39 is 18.2 Å². The number of benzene rings is 3. The van der Waals surface area contributed by atoms with Gasteiger partial charge in [-0.05, 0) is 53.4 Å². The van der Waals surface area contributed by atoms with E-state index in [1.807, 2.05) is 37.3 Å². The van der Waals surface area contributed by atoms with Gasteiger partial charge in [0, 0.05) is 18.0 Å². The summed E-state index contributed by atoms with van der Waals surface area (Å²) in [6.45, 7) is 1.92. The maximum atomic E-state index is 13.0. The molecule has 0 saturated heterocycles. The second-order valence-corrected chi connectivity index (χ2v) is 8.83. The number of alkyl carbamates (subject to hydrolysis) is 1. The number of hydrogen-bond donors (Lipinski definition) is 3. The number of hydrogen-bond acceptors (Lipinski definition) is 5. The van der Waals surface area contributed by atoms with Crippen molar-refractivity contribution in [2.24, 2.45) is 0 Å². The minimum Gasteiger partial charge on any atom is -0.441 e. The molecule has 0 aliphatic heterocycles. The van der Waals surface area contributed by atoms with Crippen LogP contribution in [-0.2, 0) is 4.74 Å². The van der Waals surface area contributed by atoms with Gasteiger partial charge in [0.15, 0.2) is 0 Å². The fourth-order valence-corrected chi connectivity index (χ4v) is 4.10. The Morgan fingerprint density at radius 1 is 0.919 bits per heavy atom. The zero-order valence-electron chi connectivity index (χ0n) is 20.2. The summed E-state index contributed by atoms with van der Waals surface area (Å²) in [7, 11) is 0. The average molecular weight is 515 g/mol. The molecule has 37 heavy (non-hydrogen) atoms. The molecule has 7 nitrogen and oxygen atoms in total. The van der Waals surface area contributed by atoms with E-state index in [2.05, 4.69) is 15.6 Å². The highest BCUT2D eigenvalue weighted by Crippen LogP contribution is 2.26. The molecule has 0 fully saturated rings. The van der Waals surface area contributed by atoms with Crippen LogP contribution in [0.15, 0.2) is 97.3 Å². The maximum Gasteiger partial charge on any atom is 0.408 e. The van der Waals surface area contributed by atoms with E-state index in [4.69, 9.17) is 22.1 Å². The van der Waals surface area contributed by atoms with Gasteiger partial charge in [-0.2, -0.15) is 0 Å². The number of halogens is 1. The molecular weight excluding hydrogens is 488 g/mol. The number of anilines is 2. The summed E-state index contributed by atoms with van der Waals surface area (Å²) in [4.78, 5) is 29.8. The van der Waals surface area contributed by atoms with Gasteiger partial charge in [0.25, 0.3) is 5.91 Å². The second kappa shape index (κ2) is 12.1. The minimum absolute atomic E-state index is 0.281. The highest BCUT2D eigenvalue weighted by molar-refractivity contribution is 6.30. The zero-order chi connectivity index (χ0) is 26.2. The standard InChI is InChI=1S/C29H27ClN4O3/c1-2-26(19-12-14-21(15-13-19)28(35)33-25-11-7-6-10-24(25)31)37-29(36)34-27(20-8-4-3-5-9-20)22-16-23(30)18-32-17-22/h3-18,26-27H,2,31H2,1H3,(H,33,35)(H,34,36)/t26-,27-/m0/s1. The number of carbonyl (C=O) groups is 2. The highest BCUT2D eigenvalue weighted by Gasteiger charge is 2.22. The molecule has 188 valence electrons. The lowest BCUT2D eigenvalue weighted by molar-refractivity contribution is 0.0930. The van der Waals surface area contributed by atoms with Crippen molar-refractivity contribution in [1.82, 2.24) is 10.3 Å². The third kappa shape index (κ3) is 6.65. The van der Waals surface area contributed by atoms with Gasteiger partial charge < -0.3 is 21.1 Å². The van der Waals surface area contributed by atoms with Gasteiger partial charge in [0.05, 0.1) is 22.4 Å². The van der Waals surface area contributed by atoms with E-state index in [1.54, 1.807) is 60.8 Å². The van der Waals surface area contributed by atoms with Gasteiger partial charge in [0.2, 0.25) is 0 Å². The van der Waals surface area contributed by atoms with Crippen molar-refractivity contribution in [2.75, 3.05) is 11.1 Å². The summed E-state index contributed by atoms with van der Waals surface area (Å²) in [6.07, 6.45) is 2.66. The second-order valence-electron chi connectivity index (χ2n) is 8.39. The first kappa shape index (κ1) is 25.7. The van der Waals surface area contributed by atoms with Crippen molar-refractivity contribution >= 4 is 35.0 Å². The SMILES string of the molecule is CC[C@H](OC(=O)N[C@@H](c1ccccc1)c1cncc(Cl)c1)c1ccc(C(=O)Nc2ccccc2N)cc1. The summed E-state index contributed by atoms with van der Waals surface area (Å²) in [5.74, 6) is -0.281. The molecule has 0 radical (unpaired) electrons. The number of rotatable bonds is 8. The fourth-order valence-electron chi connectivity index (χ4n) is 3.91. The van der Waals surface area contributed by atoms with Crippen molar-refractivity contribution in [3.8, 4) is 0 Å². The quantitative estimate of drug-likeness (QED) is 0.231. The number of carbonyl (C=O) groups excluding carboxylic acids is 2. The normalized spacial score (nSPS) is 12.3. The molecule has 0 spiro atoms. The van der Waals surface area contributed by atoms with Crippen LogP contribution in [0.25, 0.3) is 0 Å². The number of ether oxygens (including phenoxy) is 1. The van der Waals surface area contributed by atoms with Crippen molar-refractivity contribution in [2.45, 2.75) is 25.5 Å². The number of para-hydroxylation sites is 2. The van der Waals surface area contributed by atoms with E-state index >= 15 is 0 Å². The molecule has 2 amide bonds. The zero-order valence-corrected chi connectivity index (χ0v) is 21.0. The molecular formula is C29H27ClN4O3. The van der Waals surface area contributed by atoms with Crippen LogP contribution in [0.1, 0.15) is 52.5 Å². The lowest BCUT2D eigenvalue weighted by atomic mass is 10.0. The number of nitrogens with two attached hydrogens (primary N) is 1. The first-order valence-electron chi connectivity index (χ1n) is 11.8. The Morgan fingerprint density at radius 2 is 1.62 bits per heavy atom. The third-order valence-electron chi connectivity index (χ3n) is 5.83. The third-order valence-corrected chi connectivity index (χ3v) is 6.03. The van der Waals surface area contributed by atoms with E-state index in [1.165, 1.54) is 6.20 Å². The molecule has 0 bridgehead atoms. The Kier molecular flexibility index (Phi) is 8.38. The van der Waals surface area contributed by atoms with Crippen LogP contribution in [0.4, 0.5) is 16.2 Å². The predicted octanol–water partition coefficient (Wildman–Crippen LogP) is 6.54.